The molecule has 0 saturated carbocycles. The molecule has 0 radical (unpaired) electrons. The second-order valence-electron chi connectivity index (χ2n) is 7.69. The van der Waals surface area contributed by atoms with Crippen molar-refractivity contribution in [1.29, 1.82) is 0 Å². The van der Waals surface area contributed by atoms with Crippen LogP contribution in [0, 0.1) is 5.92 Å². The van der Waals surface area contributed by atoms with Gasteiger partial charge in [-0.25, -0.2) is 4.79 Å². The van der Waals surface area contributed by atoms with Gasteiger partial charge in [0.15, 0.2) is 18.0 Å². The lowest BCUT2D eigenvalue weighted by Gasteiger charge is -2.22. The van der Waals surface area contributed by atoms with Gasteiger partial charge in [-0.05, 0) is 24.1 Å². The van der Waals surface area contributed by atoms with Gasteiger partial charge in [0.2, 0.25) is 0 Å². The van der Waals surface area contributed by atoms with Gasteiger partial charge in [0.25, 0.3) is 5.91 Å². The first kappa shape index (κ1) is 19.5. The van der Waals surface area contributed by atoms with Crippen LogP contribution in [0.3, 0.4) is 0 Å². The van der Waals surface area contributed by atoms with Crippen LogP contribution in [0.5, 0.6) is 11.5 Å². The minimum absolute atomic E-state index is 0.228. The molecule has 148 valence electrons. The van der Waals surface area contributed by atoms with Gasteiger partial charge in [0, 0.05) is 31.4 Å². The molecule has 1 unspecified atom stereocenters. The number of benzene rings is 1. The van der Waals surface area contributed by atoms with E-state index in [-0.39, 0.29) is 18.5 Å². The number of rotatable bonds is 5. The van der Waals surface area contributed by atoms with Crippen LogP contribution in [0.25, 0.3) is 0 Å². The maximum Gasteiger partial charge on any atom is 0.321 e. The highest BCUT2D eigenvalue weighted by Crippen LogP contribution is 2.33. The van der Waals surface area contributed by atoms with Crippen molar-refractivity contribution in [3.63, 3.8) is 0 Å². The van der Waals surface area contributed by atoms with Crippen LogP contribution in [-0.4, -0.2) is 44.8 Å². The van der Waals surface area contributed by atoms with Gasteiger partial charge in [-0.1, -0.05) is 13.8 Å². The molecule has 3 rings (SSSR count). The molecule has 7 heteroatoms. The van der Waals surface area contributed by atoms with E-state index >= 15 is 0 Å². The van der Waals surface area contributed by atoms with E-state index in [9.17, 15) is 9.59 Å². The second-order valence-corrected chi connectivity index (χ2v) is 7.69. The normalized spacial score (nSPS) is 21.6. The Morgan fingerprint density at radius 2 is 1.96 bits per heavy atom. The fourth-order valence-electron chi connectivity index (χ4n) is 3.64. The first-order chi connectivity index (χ1) is 13.0. The fraction of sp³-hybridized carbons (Fsp3) is 0.600. The Bertz CT molecular complexity index is 677. The molecule has 2 atom stereocenters. The van der Waals surface area contributed by atoms with Gasteiger partial charge in [0.05, 0.1) is 19.8 Å². The molecule has 7 nitrogen and oxygen atoms in total. The third-order valence-electron chi connectivity index (χ3n) is 4.97. The van der Waals surface area contributed by atoms with Crippen molar-refractivity contribution in [2.75, 3.05) is 32.8 Å². The van der Waals surface area contributed by atoms with Gasteiger partial charge in [-0.3, -0.25) is 10.1 Å². The van der Waals surface area contributed by atoms with E-state index in [4.69, 9.17) is 9.47 Å². The minimum Gasteiger partial charge on any atom is -0.490 e. The van der Waals surface area contributed by atoms with Crippen molar-refractivity contribution < 1.29 is 24.0 Å². The van der Waals surface area contributed by atoms with Crippen LogP contribution in [0.15, 0.2) is 18.2 Å². The summed E-state index contributed by atoms with van der Waals surface area (Å²) >= 11 is 0. The summed E-state index contributed by atoms with van der Waals surface area (Å²) in [6.45, 7) is 7.11. The van der Waals surface area contributed by atoms with E-state index in [1.54, 1.807) is 0 Å². The molecule has 0 spiro atoms. The molecule has 2 aliphatic heterocycles. The van der Waals surface area contributed by atoms with Crippen molar-refractivity contribution in [1.82, 2.24) is 10.6 Å². The number of ether oxygens (including phenoxy) is 2. The largest absolute Gasteiger partial charge is 0.490 e. The number of quaternary nitrogens is 1. The fourth-order valence-corrected chi connectivity index (χ4v) is 3.64. The lowest BCUT2D eigenvalue weighted by atomic mass is 10.0. The molecule has 1 aromatic carbocycles. The van der Waals surface area contributed by atoms with E-state index in [0.717, 1.165) is 42.9 Å². The molecule has 2 heterocycles. The Balaban J connectivity index is 1.59. The molecule has 0 aromatic heterocycles. The van der Waals surface area contributed by atoms with Gasteiger partial charge < -0.3 is 19.7 Å². The predicted octanol–water partition coefficient (Wildman–Crippen LogP) is 1.05. The molecular formula is C20H30N3O4+. The number of hydrogen-bond donors (Lipinski definition) is 3. The van der Waals surface area contributed by atoms with E-state index in [2.05, 4.69) is 16.7 Å². The first-order valence-corrected chi connectivity index (χ1v) is 9.84. The summed E-state index contributed by atoms with van der Waals surface area (Å²) in [6, 6.07) is 5.89. The molecule has 0 aliphatic carbocycles. The molecule has 3 N–H and O–H groups in total. The summed E-state index contributed by atoms with van der Waals surface area (Å²) in [5.74, 6) is 1.68. The van der Waals surface area contributed by atoms with Crippen molar-refractivity contribution in [3.8, 4) is 11.5 Å². The summed E-state index contributed by atoms with van der Waals surface area (Å²) in [7, 11) is 0. The highest BCUT2D eigenvalue weighted by atomic mass is 16.5. The molecular weight excluding hydrogens is 346 g/mol. The molecule has 27 heavy (non-hydrogen) atoms. The van der Waals surface area contributed by atoms with Crippen LogP contribution >= 0.6 is 0 Å². The zero-order chi connectivity index (χ0) is 19.2. The number of fused-ring (bicyclic) bond motifs is 1. The van der Waals surface area contributed by atoms with E-state index in [1.165, 1.54) is 4.90 Å². The second kappa shape index (κ2) is 9.08. The maximum absolute atomic E-state index is 12.3. The lowest BCUT2D eigenvalue weighted by Crippen LogP contribution is -3.11. The topological polar surface area (TPSA) is 81.1 Å². The number of carbonyl (C=O) groups excluding carboxylic acids is 2. The van der Waals surface area contributed by atoms with Crippen molar-refractivity contribution >= 4 is 11.9 Å². The zero-order valence-electron chi connectivity index (χ0n) is 16.2. The summed E-state index contributed by atoms with van der Waals surface area (Å²) in [6.07, 6.45) is 2.95. The third-order valence-corrected chi connectivity index (χ3v) is 4.97. The quantitative estimate of drug-likeness (QED) is 0.718. The zero-order valence-corrected chi connectivity index (χ0v) is 16.2. The summed E-state index contributed by atoms with van der Waals surface area (Å²) < 4.78 is 11.5. The Morgan fingerprint density at radius 1 is 1.19 bits per heavy atom. The van der Waals surface area contributed by atoms with Crippen LogP contribution < -0.4 is 25.0 Å². The maximum atomic E-state index is 12.3. The number of imide groups is 1. The van der Waals surface area contributed by atoms with Crippen molar-refractivity contribution in [2.24, 2.45) is 5.92 Å². The number of nitrogens with one attached hydrogen (secondary N) is 3. The van der Waals surface area contributed by atoms with E-state index < -0.39 is 6.03 Å². The number of likely N-dealkylation sites (tertiary alicyclic amines) is 1. The Kier molecular flexibility index (Phi) is 6.55. The lowest BCUT2D eigenvalue weighted by molar-refractivity contribution is -0.910. The minimum atomic E-state index is -0.417. The number of hydrogen-bond acceptors (Lipinski definition) is 4. The Labute approximate surface area is 160 Å². The van der Waals surface area contributed by atoms with Crippen LogP contribution in [-0.2, 0) is 4.79 Å². The summed E-state index contributed by atoms with van der Waals surface area (Å²) in [5, 5.41) is 5.15. The summed E-state index contributed by atoms with van der Waals surface area (Å²) in [4.78, 5) is 25.2. The molecule has 1 saturated heterocycles. The smallest absolute Gasteiger partial charge is 0.321 e. The molecule has 3 amide bonds. The summed E-state index contributed by atoms with van der Waals surface area (Å²) in [5.41, 5.74) is 1.16. The van der Waals surface area contributed by atoms with E-state index in [1.807, 2.05) is 26.0 Å². The van der Waals surface area contributed by atoms with Gasteiger partial charge in [-0.15, -0.1) is 0 Å². The molecule has 1 fully saturated rings. The Morgan fingerprint density at radius 3 is 2.74 bits per heavy atom. The highest BCUT2D eigenvalue weighted by Gasteiger charge is 2.32. The van der Waals surface area contributed by atoms with Gasteiger partial charge in [-0.2, -0.15) is 0 Å². The first-order valence-electron chi connectivity index (χ1n) is 9.84. The standard InChI is InChI=1S/C20H29N3O4/c1-14(2)12-21-20(25)22-19(24)13-23-8-3-5-16(23)15-6-7-17-18(11-15)27-10-4-9-26-17/h6-7,11,14,16H,3-5,8-10,12-13H2,1-2H3,(H2,21,22,24,25)/p+1/t16-/m1/s1. The van der Waals surface area contributed by atoms with Crippen LogP contribution in [0.2, 0.25) is 0 Å². The van der Waals surface area contributed by atoms with E-state index in [0.29, 0.717) is 25.7 Å². The number of amides is 3. The molecule has 1 aromatic rings. The number of carbonyl (C=O) groups is 2. The number of urea groups is 1. The van der Waals surface area contributed by atoms with Crippen LogP contribution in [0.1, 0.15) is 44.7 Å². The third kappa shape index (κ3) is 5.35. The molecule has 0 bridgehead atoms. The van der Waals surface area contributed by atoms with Gasteiger partial charge >= 0.3 is 6.03 Å². The van der Waals surface area contributed by atoms with Crippen molar-refractivity contribution in [2.45, 2.75) is 39.2 Å². The Hall–Kier alpha value is -2.28. The molecule has 2 aliphatic rings. The average molecular weight is 376 g/mol. The van der Waals surface area contributed by atoms with Crippen molar-refractivity contribution in [3.05, 3.63) is 23.8 Å². The van der Waals surface area contributed by atoms with Crippen LogP contribution in [0.4, 0.5) is 4.79 Å². The predicted molar refractivity (Wildman–Crippen MR) is 101 cm³/mol. The van der Waals surface area contributed by atoms with Gasteiger partial charge in [0.1, 0.15) is 6.04 Å². The SMILES string of the molecule is CC(C)CNC(=O)NC(=O)C[NH+]1CCC[C@@H]1c1ccc2c(c1)OCCCO2. The monoisotopic (exact) mass is 376 g/mol. The average Bonchev–Trinajstić information content (AvgIpc) is 2.95. The highest BCUT2D eigenvalue weighted by molar-refractivity contribution is 5.94.